The van der Waals surface area contributed by atoms with E-state index in [0.717, 1.165) is 25.9 Å². The average Bonchev–Trinajstić information content (AvgIpc) is 2.67. The summed E-state index contributed by atoms with van der Waals surface area (Å²) in [6.45, 7) is 1.74. The van der Waals surface area contributed by atoms with Crippen molar-refractivity contribution in [2.24, 2.45) is 0 Å². The van der Waals surface area contributed by atoms with Crippen LogP contribution in [0.2, 0.25) is 0 Å². The number of aromatic amines is 1. The normalized spacial score (nSPS) is 17.0. The van der Waals surface area contributed by atoms with Crippen LogP contribution in [0.4, 0.5) is 5.82 Å². The number of carboxylic acids is 1. The topological polar surface area (TPSA) is 82.1 Å². The summed E-state index contributed by atoms with van der Waals surface area (Å²) in [6, 6.07) is 0. The van der Waals surface area contributed by atoms with E-state index < -0.39 is 5.97 Å². The number of aromatic carboxylic acids is 1. The van der Waals surface area contributed by atoms with Crippen molar-refractivity contribution in [1.29, 1.82) is 0 Å². The third-order valence-electron chi connectivity index (χ3n) is 2.39. The molecule has 1 fully saturated rings. The van der Waals surface area contributed by atoms with Gasteiger partial charge in [0.15, 0.2) is 5.82 Å². The van der Waals surface area contributed by atoms with Crippen LogP contribution in [0.5, 0.6) is 0 Å². The molecule has 6 nitrogen and oxygen atoms in total. The summed E-state index contributed by atoms with van der Waals surface area (Å²) in [7, 11) is 0. The van der Waals surface area contributed by atoms with Gasteiger partial charge in [0.05, 0.1) is 0 Å². The third kappa shape index (κ3) is 1.55. The Kier molecular flexibility index (Phi) is 2.34. The first-order valence-electron chi connectivity index (χ1n) is 4.68. The van der Waals surface area contributed by atoms with Gasteiger partial charge in [-0.2, -0.15) is 5.21 Å². The minimum atomic E-state index is -1.03. The molecule has 0 radical (unpaired) electrons. The van der Waals surface area contributed by atoms with Crippen molar-refractivity contribution in [3.63, 3.8) is 0 Å². The lowest BCUT2D eigenvalue weighted by Crippen LogP contribution is -2.31. The molecule has 0 atom stereocenters. The Hall–Kier alpha value is -1.59. The Morgan fingerprint density at radius 2 is 2.00 bits per heavy atom. The summed E-state index contributed by atoms with van der Waals surface area (Å²) in [5.41, 5.74) is 0.0203. The molecule has 0 amide bonds. The first kappa shape index (κ1) is 8.98. The van der Waals surface area contributed by atoms with E-state index in [1.54, 1.807) is 0 Å². The Morgan fingerprint density at radius 3 is 2.64 bits per heavy atom. The molecule has 1 saturated heterocycles. The van der Waals surface area contributed by atoms with Crippen LogP contribution in [-0.4, -0.2) is 39.6 Å². The lowest BCUT2D eigenvalue weighted by atomic mass is 10.1. The summed E-state index contributed by atoms with van der Waals surface area (Å²) < 4.78 is 0. The number of rotatable bonds is 2. The molecule has 0 spiro atoms. The summed E-state index contributed by atoms with van der Waals surface area (Å²) >= 11 is 0. The van der Waals surface area contributed by atoms with Gasteiger partial charge in [-0.25, -0.2) is 4.79 Å². The van der Waals surface area contributed by atoms with E-state index in [4.69, 9.17) is 5.11 Å². The van der Waals surface area contributed by atoms with E-state index in [1.165, 1.54) is 6.42 Å². The zero-order valence-electron chi connectivity index (χ0n) is 7.73. The second-order valence-electron chi connectivity index (χ2n) is 3.35. The standard InChI is InChI=1S/C8H12N4O2/c13-8(14)6-7(10-11-9-6)12-4-2-1-3-5-12/h1-5H2,(H,13,14)(H,9,10,11). The van der Waals surface area contributed by atoms with Crippen LogP contribution in [0.3, 0.4) is 0 Å². The van der Waals surface area contributed by atoms with E-state index in [2.05, 4.69) is 15.4 Å². The number of hydrogen-bond donors (Lipinski definition) is 2. The van der Waals surface area contributed by atoms with Crippen LogP contribution in [0.25, 0.3) is 0 Å². The summed E-state index contributed by atoms with van der Waals surface area (Å²) in [5.74, 6) is -0.559. The molecule has 1 aromatic heterocycles. The fraction of sp³-hybridized carbons (Fsp3) is 0.625. The monoisotopic (exact) mass is 196 g/mol. The fourth-order valence-electron chi connectivity index (χ4n) is 1.69. The lowest BCUT2D eigenvalue weighted by molar-refractivity contribution is 0.0691. The number of anilines is 1. The molecular formula is C8H12N4O2. The van der Waals surface area contributed by atoms with Gasteiger partial charge in [-0.15, -0.1) is 10.2 Å². The fourth-order valence-corrected chi connectivity index (χ4v) is 1.69. The molecular weight excluding hydrogens is 184 g/mol. The van der Waals surface area contributed by atoms with E-state index in [0.29, 0.717) is 5.82 Å². The van der Waals surface area contributed by atoms with Crippen molar-refractivity contribution in [3.8, 4) is 0 Å². The van der Waals surface area contributed by atoms with Gasteiger partial charge in [0.2, 0.25) is 5.69 Å². The molecule has 0 unspecified atom stereocenters. The van der Waals surface area contributed by atoms with Crippen LogP contribution in [0.1, 0.15) is 29.8 Å². The lowest BCUT2D eigenvalue weighted by Gasteiger charge is -2.26. The van der Waals surface area contributed by atoms with Gasteiger partial charge in [0.25, 0.3) is 0 Å². The molecule has 0 aliphatic carbocycles. The number of aromatic nitrogens is 3. The molecule has 14 heavy (non-hydrogen) atoms. The van der Waals surface area contributed by atoms with Gasteiger partial charge in [-0.1, -0.05) is 0 Å². The molecule has 0 aromatic carbocycles. The predicted octanol–water partition coefficient (Wildman–Crippen LogP) is 0.493. The van der Waals surface area contributed by atoms with Gasteiger partial charge in [0.1, 0.15) is 0 Å². The summed E-state index contributed by atoms with van der Waals surface area (Å²) in [6.07, 6.45) is 3.38. The van der Waals surface area contributed by atoms with Gasteiger partial charge >= 0.3 is 5.97 Å². The summed E-state index contributed by atoms with van der Waals surface area (Å²) in [4.78, 5) is 12.7. The largest absolute Gasteiger partial charge is 0.476 e. The van der Waals surface area contributed by atoms with Gasteiger partial charge in [-0.05, 0) is 19.3 Å². The van der Waals surface area contributed by atoms with Crippen LogP contribution >= 0.6 is 0 Å². The average molecular weight is 196 g/mol. The van der Waals surface area contributed by atoms with Crippen LogP contribution < -0.4 is 4.90 Å². The number of nitrogens with zero attached hydrogens (tertiary/aromatic N) is 3. The molecule has 0 saturated carbocycles. The number of carbonyl (C=O) groups is 1. The highest BCUT2D eigenvalue weighted by atomic mass is 16.4. The van der Waals surface area contributed by atoms with Crippen molar-refractivity contribution in [2.75, 3.05) is 18.0 Å². The second kappa shape index (κ2) is 3.65. The quantitative estimate of drug-likeness (QED) is 0.719. The Labute approximate surface area is 80.9 Å². The number of piperidine rings is 1. The van der Waals surface area contributed by atoms with E-state index in [1.807, 2.05) is 4.90 Å². The number of hydrogen-bond acceptors (Lipinski definition) is 4. The van der Waals surface area contributed by atoms with E-state index in [9.17, 15) is 4.79 Å². The maximum atomic E-state index is 10.8. The number of nitrogens with one attached hydrogen (secondary N) is 1. The zero-order chi connectivity index (χ0) is 9.97. The van der Waals surface area contributed by atoms with Crippen LogP contribution in [-0.2, 0) is 0 Å². The van der Waals surface area contributed by atoms with Crippen molar-refractivity contribution in [2.45, 2.75) is 19.3 Å². The number of carboxylic acid groups (broad SMARTS) is 1. The van der Waals surface area contributed by atoms with Gasteiger partial charge in [-0.3, -0.25) is 0 Å². The Morgan fingerprint density at radius 1 is 1.29 bits per heavy atom. The molecule has 1 aliphatic rings. The molecule has 2 N–H and O–H groups in total. The van der Waals surface area contributed by atoms with Crippen molar-refractivity contribution < 1.29 is 9.90 Å². The smallest absolute Gasteiger partial charge is 0.360 e. The molecule has 76 valence electrons. The maximum absolute atomic E-state index is 10.8. The minimum Gasteiger partial charge on any atom is -0.476 e. The highest BCUT2D eigenvalue weighted by Crippen LogP contribution is 2.19. The van der Waals surface area contributed by atoms with Gasteiger partial charge in [0, 0.05) is 13.1 Å². The van der Waals surface area contributed by atoms with Crippen LogP contribution in [0, 0.1) is 0 Å². The second-order valence-corrected chi connectivity index (χ2v) is 3.35. The molecule has 0 bridgehead atoms. The third-order valence-corrected chi connectivity index (χ3v) is 2.39. The minimum absolute atomic E-state index is 0.0203. The first-order chi connectivity index (χ1) is 6.79. The molecule has 1 aromatic rings. The van der Waals surface area contributed by atoms with Crippen LogP contribution in [0.15, 0.2) is 0 Å². The highest BCUT2D eigenvalue weighted by Gasteiger charge is 2.21. The SMILES string of the molecule is O=C(O)c1n[nH]nc1N1CCCCC1. The summed E-state index contributed by atoms with van der Waals surface area (Å²) in [5, 5.41) is 18.7. The number of H-pyrrole nitrogens is 1. The molecule has 2 heterocycles. The van der Waals surface area contributed by atoms with Crippen molar-refractivity contribution >= 4 is 11.8 Å². The molecule has 2 rings (SSSR count). The zero-order valence-corrected chi connectivity index (χ0v) is 7.73. The van der Waals surface area contributed by atoms with Gasteiger partial charge < -0.3 is 10.0 Å². The van der Waals surface area contributed by atoms with E-state index >= 15 is 0 Å². The van der Waals surface area contributed by atoms with Crippen molar-refractivity contribution in [1.82, 2.24) is 15.4 Å². The molecule has 1 aliphatic heterocycles. The Bertz CT molecular complexity index is 330. The highest BCUT2D eigenvalue weighted by molar-refractivity contribution is 5.90. The van der Waals surface area contributed by atoms with Crippen molar-refractivity contribution in [3.05, 3.63) is 5.69 Å². The molecule has 6 heteroatoms. The first-order valence-corrected chi connectivity index (χ1v) is 4.68. The Balaban J connectivity index is 2.21. The maximum Gasteiger partial charge on any atom is 0.360 e. The predicted molar refractivity (Wildman–Crippen MR) is 49.4 cm³/mol. The van der Waals surface area contributed by atoms with E-state index in [-0.39, 0.29) is 5.69 Å².